The first kappa shape index (κ1) is 44.8. The number of nitrogens with zero attached hydrogens (tertiary/aromatic N) is 3. The van der Waals surface area contributed by atoms with Crippen molar-refractivity contribution in [3.63, 3.8) is 0 Å². The van der Waals surface area contributed by atoms with Gasteiger partial charge >= 0.3 is 29.6 Å². The van der Waals surface area contributed by atoms with Gasteiger partial charge in [0.1, 0.15) is 6.61 Å². The number of aromatic amines is 1. The molecule has 0 fully saturated rings. The van der Waals surface area contributed by atoms with Gasteiger partial charge in [0.25, 0.3) is 5.56 Å². The largest absolute Gasteiger partial charge is 0.462 e. The van der Waals surface area contributed by atoms with E-state index in [-0.39, 0.29) is 43.7 Å². The first-order valence-electron chi connectivity index (χ1n) is 20.1. The molecule has 0 amide bonds. The van der Waals surface area contributed by atoms with Crippen molar-refractivity contribution in [1.82, 2.24) is 19.5 Å². The molecular weight excluding hydrogens is 708 g/mol. The zero-order valence-electron chi connectivity index (χ0n) is 33.5. The van der Waals surface area contributed by atoms with Crippen molar-refractivity contribution in [3.05, 3.63) is 44.1 Å². The number of aromatic nitrogens is 4. The molecule has 1 aromatic rings. The third kappa shape index (κ3) is 14.2. The predicted molar refractivity (Wildman–Crippen MR) is 208 cm³/mol. The summed E-state index contributed by atoms with van der Waals surface area (Å²) in [5.74, 6) is -2.41. The van der Waals surface area contributed by atoms with E-state index in [0.29, 0.717) is 36.7 Å². The monoisotopic (exact) mass is 768 g/mol. The molecule has 2 heterocycles. The van der Waals surface area contributed by atoms with Gasteiger partial charge in [-0.2, -0.15) is 4.98 Å². The Morgan fingerprint density at radius 3 is 1.69 bits per heavy atom. The Hall–Kier alpha value is -4.62. The highest BCUT2D eigenvalue weighted by Crippen LogP contribution is 2.27. The van der Waals surface area contributed by atoms with E-state index in [1.807, 2.05) is 47.6 Å². The van der Waals surface area contributed by atoms with Crippen LogP contribution in [0.25, 0.3) is 22.6 Å². The SMILES string of the molecule is CCCCCC(=O)OC[C@H](OC(=O)CCCCC)[C@H](OC(=O)CCCCC)[C@@H](Cn1c2nc(=O)[nH]c(=O)c-2nc2cc(C)c(C)cc21)OC(=O)CCCCC. The number of esters is 4. The molecule has 14 nitrogen and oxygen atoms in total. The second kappa shape index (κ2) is 23.3. The maximum Gasteiger partial charge on any atom is 0.349 e. The fraction of sp³-hybridized carbons (Fsp3) is 0.659. The number of carbonyl (C=O) groups is 4. The van der Waals surface area contributed by atoms with Gasteiger partial charge in [-0.3, -0.25) is 29.0 Å². The van der Waals surface area contributed by atoms with Crippen molar-refractivity contribution >= 4 is 34.9 Å². The highest BCUT2D eigenvalue weighted by atomic mass is 16.6. The molecule has 304 valence electrons. The number of carbonyl (C=O) groups excluding carboxylic acids is 4. The molecule has 0 bridgehead atoms. The first-order chi connectivity index (χ1) is 26.4. The molecular formula is C41H60N4O10. The first-order valence-corrected chi connectivity index (χ1v) is 20.1. The summed E-state index contributed by atoms with van der Waals surface area (Å²) in [6, 6.07) is 3.61. The summed E-state index contributed by atoms with van der Waals surface area (Å²) in [6.45, 7) is 11.0. The Morgan fingerprint density at radius 1 is 0.655 bits per heavy atom. The van der Waals surface area contributed by atoms with Gasteiger partial charge in [-0.1, -0.05) is 79.1 Å². The maximum absolute atomic E-state index is 13.6. The number of H-pyrrole nitrogens is 1. The van der Waals surface area contributed by atoms with Crippen LogP contribution in [0.3, 0.4) is 0 Å². The minimum Gasteiger partial charge on any atom is -0.462 e. The van der Waals surface area contributed by atoms with Crippen LogP contribution in [0.1, 0.15) is 142 Å². The number of hydrogen-bond donors (Lipinski definition) is 1. The molecule has 0 saturated carbocycles. The average Bonchev–Trinajstić information content (AvgIpc) is 3.13. The van der Waals surface area contributed by atoms with Crippen LogP contribution in [0.4, 0.5) is 0 Å². The molecule has 3 rings (SSSR count). The Labute approximate surface area is 323 Å². The van der Waals surface area contributed by atoms with Crippen LogP contribution in [0, 0.1) is 13.8 Å². The van der Waals surface area contributed by atoms with E-state index in [9.17, 15) is 28.8 Å². The summed E-state index contributed by atoms with van der Waals surface area (Å²) in [7, 11) is 0. The molecule has 1 aromatic carbocycles. The van der Waals surface area contributed by atoms with Gasteiger partial charge in [0.05, 0.1) is 17.6 Å². The van der Waals surface area contributed by atoms with Crippen LogP contribution < -0.4 is 11.2 Å². The molecule has 2 aliphatic heterocycles. The van der Waals surface area contributed by atoms with Crippen molar-refractivity contribution in [1.29, 1.82) is 0 Å². The fourth-order valence-corrected chi connectivity index (χ4v) is 6.20. The summed E-state index contributed by atoms with van der Waals surface area (Å²) in [5, 5.41) is 0. The van der Waals surface area contributed by atoms with E-state index in [4.69, 9.17) is 18.9 Å². The van der Waals surface area contributed by atoms with Gasteiger partial charge in [0.15, 0.2) is 29.8 Å². The van der Waals surface area contributed by atoms with Crippen LogP contribution in [-0.2, 0) is 44.7 Å². The van der Waals surface area contributed by atoms with Crippen molar-refractivity contribution in [2.75, 3.05) is 6.61 Å². The Morgan fingerprint density at radius 2 is 1.15 bits per heavy atom. The van der Waals surface area contributed by atoms with Crippen molar-refractivity contribution in [3.8, 4) is 11.5 Å². The van der Waals surface area contributed by atoms with Crippen LogP contribution in [-0.4, -0.2) is 68.3 Å². The van der Waals surface area contributed by atoms with Crippen LogP contribution in [0.15, 0.2) is 21.7 Å². The highest BCUT2D eigenvalue weighted by molar-refractivity contribution is 5.81. The lowest BCUT2D eigenvalue weighted by molar-refractivity contribution is -0.193. The maximum atomic E-state index is 13.6. The number of unbranched alkanes of at least 4 members (excludes halogenated alkanes) is 8. The normalized spacial score (nSPS) is 13.0. The quantitative estimate of drug-likeness (QED) is 0.0412. The third-order valence-corrected chi connectivity index (χ3v) is 9.50. The van der Waals surface area contributed by atoms with Crippen LogP contribution in [0.5, 0.6) is 0 Å². The van der Waals surface area contributed by atoms with Crippen molar-refractivity contribution in [2.24, 2.45) is 0 Å². The molecule has 0 unspecified atom stereocenters. The highest BCUT2D eigenvalue weighted by Gasteiger charge is 2.40. The van der Waals surface area contributed by atoms with Gasteiger partial charge in [-0.25, -0.2) is 9.78 Å². The minimum absolute atomic E-state index is 0.0404. The zero-order valence-corrected chi connectivity index (χ0v) is 33.5. The Kier molecular flexibility index (Phi) is 19.0. The third-order valence-electron chi connectivity index (χ3n) is 9.50. The van der Waals surface area contributed by atoms with E-state index in [0.717, 1.165) is 62.5 Å². The molecule has 1 N–H and O–H groups in total. The molecule has 2 aliphatic rings. The second-order valence-electron chi connectivity index (χ2n) is 14.2. The number of hydrogen-bond acceptors (Lipinski definition) is 12. The van der Waals surface area contributed by atoms with Crippen molar-refractivity contribution < 1.29 is 38.1 Å². The summed E-state index contributed by atoms with van der Waals surface area (Å²) in [4.78, 5) is 90.0. The van der Waals surface area contributed by atoms with Crippen molar-refractivity contribution in [2.45, 2.75) is 169 Å². The van der Waals surface area contributed by atoms with Gasteiger partial charge in [-0.05, 0) is 62.8 Å². The molecule has 0 radical (unpaired) electrons. The van der Waals surface area contributed by atoms with Gasteiger partial charge in [0, 0.05) is 25.7 Å². The number of benzene rings is 1. The summed E-state index contributed by atoms with van der Waals surface area (Å²) >= 11 is 0. The lowest BCUT2D eigenvalue weighted by Crippen LogP contribution is -2.50. The fourth-order valence-electron chi connectivity index (χ4n) is 6.20. The topological polar surface area (TPSA) is 186 Å². The minimum atomic E-state index is -1.46. The molecule has 0 aromatic heterocycles. The Bertz CT molecular complexity index is 1800. The summed E-state index contributed by atoms with van der Waals surface area (Å²) in [6.07, 6.45) is 4.96. The average molecular weight is 769 g/mol. The predicted octanol–water partition coefficient (Wildman–Crippen LogP) is 6.80. The summed E-state index contributed by atoms with van der Waals surface area (Å²) in [5.41, 5.74) is 0.837. The molecule has 55 heavy (non-hydrogen) atoms. The van der Waals surface area contributed by atoms with Gasteiger partial charge < -0.3 is 23.5 Å². The number of aryl methyl sites for hydroxylation is 2. The Balaban J connectivity index is 2.24. The molecule has 0 aliphatic carbocycles. The summed E-state index contributed by atoms with van der Waals surface area (Å²) < 4.78 is 25.5. The van der Waals surface area contributed by atoms with Gasteiger partial charge in [-0.15, -0.1) is 0 Å². The number of fused-ring (bicyclic) bond motifs is 2. The van der Waals surface area contributed by atoms with E-state index in [2.05, 4.69) is 15.0 Å². The molecule has 0 spiro atoms. The lowest BCUT2D eigenvalue weighted by atomic mass is 10.0. The number of rotatable bonds is 25. The second-order valence-corrected chi connectivity index (χ2v) is 14.2. The van der Waals surface area contributed by atoms with Gasteiger partial charge in [0.2, 0.25) is 0 Å². The number of nitrogens with one attached hydrogen (secondary N) is 1. The molecule has 0 saturated heterocycles. The smallest absolute Gasteiger partial charge is 0.349 e. The van der Waals surface area contributed by atoms with E-state index >= 15 is 0 Å². The zero-order chi connectivity index (χ0) is 40.3. The van der Waals surface area contributed by atoms with E-state index in [1.54, 1.807) is 10.6 Å². The standard InChI is InChI=1S/C41H60N4O10/c1-7-11-15-19-33(46)52-26-32(54-35(48)21-17-13-9-3)38(55-36(49)22-18-14-10-4)31(53-34(47)20-16-12-8-2)25-45-30-24-28(6)27(5)23-29(30)42-37-39(45)43-41(51)44-40(37)50/h23-24,31-32,38H,7-22,25-26H2,1-6H3,(H,44,50,51)/t31-,32+,38-/m1/s1. The van der Waals surface area contributed by atoms with E-state index in [1.165, 1.54) is 0 Å². The van der Waals surface area contributed by atoms with Crippen LogP contribution >= 0.6 is 0 Å². The molecule has 3 atom stereocenters. The molecule has 14 heteroatoms. The lowest BCUT2D eigenvalue weighted by Gasteiger charge is -2.33. The van der Waals surface area contributed by atoms with E-state index < -0.39 is 60.0 Å². The number of ether oxygens (including phenoxy) is 4. The van der Waals surface area contributed by atoms with Crippen LogP contribution in [0.2, 0.25) is 0 Å².